The SMILES string of the molecule is CCCCc1c(-c2ccc(C(F)(F)F)cc2)c(C(N)=O)c(C)n1CCN1CCCCC1. The summed E-state index contributed by atoms with van der Waals surface area (Å²) in [6.07, 6.45) is 1.94. The third-order valence-electron chi connectivity index (χ3n) is 6.23. The average molecular weight is 436 g/mol. The van der Waals surface area contributed by atoms with Gasteiger partial charge in [0.1, 0.15) is 0 Å². The fourth-order valence-corrected chi connectivity index (χ4v) is 4.57. The van der Waals surface area contributed by atoms with Crippen molar-refractivity contribution < 1.29 is 18.0 Å². The van der Waals surface area contributed by atoms with E-state index in [4.69, 9.17) is 5.73 Å². The number of hydrogen-bond donors (Lipinski definition) is 1. The number of aromatic nitrogens is 1. The molecule has 0 bridgehead atoms. The molecule has 2 N–H and O–H groups in total. The van der Waals surface area contributed by atoms with E-state index in [0.717, 1.165) is 69.0 Å². The maximum atomic E-state index is 13.0. The Hall–Kier alpha value is -2.28. The van der Waals surface area contributed by atoms with Crippen LogP contribution in [-0.2, 0) is 19.1 Å². The Labute approximate surface area is 182 Å². The molecule has 31 heavy (non-hydrogen) atoms. The molecule has 4 nitrogen and oxygen atoms in total. The zero-order valence-corrected chi connectivity index (χ0v) is 18.4. The van der Waals surface area contributed by atoms with Crippen molar-refractivity contribution in [2.45, 2.75) is 65.1 Å². The molecule has 170 valence electrons. The van der Waals surface area contributed by atoms with E-state index in [2.05, 4.69) is 16.4 Å². The highest BCUT2D eigenvalue weighted by molar-refractivity contribution is 6.02. The Kier molecular flexibility index (Phi) is 7.46. The first kappa shape index (κ1) is 23.4. The van der Waals surface area contributed by atoms with Crippen LogP contribution >= 0.6 is 0 Å². The number of likely N-dealkylation sites (tertiary alicyclic amines) is 1. The number of alkyl halides is 3. The van der Waals surface area contributed by atoms with Crippen LogP contribution in [0, 0.1) is 6.92 Å². The first-order valence-corrected chi connectivity index (χ1v) is 11.2. The monoisotopic (exact) mass is 435 g/mol. The fraction of sp³-hybridized carbons (Fsp3) is 0.542. The van der Waals surface area contributed by atoms with Gasteiger partial charge in [-0.15, -0.1) is 0 Å². The summed E-state index contributed by atoms with van der Waals surface area (Å²) >= 11 is 0. The average Bonchev–Trinajstić information content (AvgIpc) is 3.02. The second-order valence-corrected chi connectivity index (χ2v) is 8.38. The van der Waals surface area contributed by atoms with Crippen LogP contribution in [0.3, 0.4) is 0 Å². The molecule has 1 amide bonds. The smallest absolute Gasteiger partial charge is 0.366 e. The van der Waals surface area contributed by atoms with Gasteiger partial charge in [0.2, 0.25) is 0 Å². The number of carbonyl (C=O) groups is 1. The third kappa shape index (κ3) is 5.32. The van der Waals surface area contributed by atoms with Gasteiger partial charge in [0.05, 0.1) is 11.1 Å². The number of piperidine rings is 1. The largest absolute Gasteiger partial charge is 0.416 e. The quantitative estimate of drug-likeness (QED) is 0.603. The topological polar surface area (TPSA) is 51.3 Å². The highest BCUT2D eigenvalue weighted by atomic mass is 19.4. The van der Waals surface area contributed by atoms with E-state index in [9.17, 15) is 18.0 Å². The molecule has 0 atom stereocenters. The van der Waals surface area contributed by atoms with Gasteiger partial charge in [-0.3, -0.25) is 4.79 Å². The van der Waals surface area contributed by atoms with Crippen LogP contribution in [-0.4, -0.2) is 35.0 Å². The van der Waals surface area contributed by atoms with Gasteiger partial charge in [0, 0.05) is 30.0 Å². The molecule has 1 aromatic heterocycles. The number of primary amides is 1. The van der Waals surface area contributed by atoms with Crippen molar-refractivity contribution in [1.82, 2.24) is 9.47 Å². The summed E-state index contributed by atoms with van der Waals surface area (Å²) in [6.45, 7) is 7.78. The Balaban J connectivity index is 2.04. The molecule has 0 aliphatic carbocycles. The first-order chi connectivity index (χ1) is 14.7. The molecule has 1 aromatic carbocycles. The van der Waals surface area contributed by atoms with Crippen LogP contribution in [0.5, 0.6) is 0 Å². The van der Waals surface area contributed by atoms with Crippen molar-refractivity contribution in [3.63, 3.8) is 0 Å². The number of hydrogen-bond acceptors (Lipinski definition) is 2. The van der Waals surface area contributed by atoms with E-state index in [1.165, 1.54) is 31.4 Å². The van der Waals surface area contributed by atoms with Crippen molar-refractivity contribution in [1.29, 1.82) is 0 Å². The molecule has 2 aromatic rings. The minimum absolute atomic E-state index is 0.421. The number of nitrogens with zero attached hydrogens (tertiary/aromatic N) is 2. The van der Waals surface area contributed by atoms with Crippen molar-refractivity contribution in [2.75, 3.05) is 19.6 Å². The minimum Gasteiger partial charge on any atom is -0.366 e. The molecule has 1 fully saturated rings. The van der Waals surface area contributed by atoms with E-state index < -0.39 is 17.6 Å². The Morgan fingerprint density at radius 2 is 1.71 bits per heavy atom. The molecule has 0 radical (unpaired) electrons. The summed E-state index contributed by atoms with van der Waals surface area (Å²) < 4.78 is 41.3. The summed E-state index contributed by atoms with van der Waals surface area (Å²) in [5, 5.41) is 0. The molecule has 1 aliphatic rings. The first-order valence-electron chi connectivity index (χ1n) is 11.2. The molecule has 2 heterocycles. The molecule has 0 saturated carbocycles. The lowest BCUT2D eigenvalue weighted by molar-refractivity contribution is -0.137. The number of carbonyl (C=O) groups excluding carboxylic acids is 1. The van der Waals surface area contributed by atoms with E-state index in [0.29, 0.717) is 16.7 Å². The molecular formula is C24H32F3N3O. The zero-order valence-electron chi connectivity index (χ0n) is 18.4. The summed E-state index contributed by atoms with van der Waals surface area (Å²) in [6, 6.07) is 5.05. The number of halogens is 3. The van der Waals surface area contributed by atoms with Crippen LogP contribution in [0.1, 0.15) is 66.3 Å². The van der Waals surface area contributed by atoms with E-state index >= 15 is 0 Å². The van der Waals surface area contributed by atoms with Gasteiger partial charge in [-0.1, -0.05) is 31.9 Å². The van der Waals surface area contributed by atoms with E-state index in [1.807, 2.05) is 6.92 Å². The van der Waals surface area contributed by atoms with Gasteiger partial charge >= 0.3 is 6.18 Å². The van der Waals surface area contributed by atoms with E-state index in [-0.39, 0.29) is 0 Å². The second kappa shape index (κ2) is 9.90. The highest BCUT2D eigenvalue weighted by Gasteiger charge is 2.31. The number of rotatable bonds is 8. The van der Waals surface area contributed by atoms with Gasteiger partial charge in [-0.2, -0.15) is 13.2 Å². The predicted octanol–water partition coefficient (Wildman–Crippen LogP) is 5.41. The predicted molar refractivity (Wildman–Crippen MR) is 117 cm³/mol. The number of benzene rings is 1. The van der Waals surface area contributed by atoms with E-state index in [1.54, 1.807) is 0 Å². The lowest BCUT2D eigenvalue weighted by Gasteiger charge is -2.27. The molecule has 0 unspecified atom stereocenters. The van der Waals surface area contributed by atoms with Gasteiger partial charge in [0.25, 0.3) is 5.91 Å². The molecule has 0 spiro atoms. The number of nitrogens with two attached hydrogens (primary N) is 1. The Bertz CT molecular complexity index is 894. The lowest BCUT2D eigenvalue weighted by atomic mass is 9.96. The van der Waals surface area contributed by atoms with Crippen molar-refractivity contribution in [3.8, 4) is 11.1 Å². The number of amides is 1. The fourth-order valence-electron chi connectivity index (χ4n) is 4.57. The number of unbranched alkanes of at least 4 members (excludes halogenated alkanes) is 1. The van der Waals surface area contributed by atoms with Gasteiger partial charge in [-0.05, 0) is 63.4 Å². The van der Waals surface area contributed by atoms with Crippen LogP contribution < -0.4 is 5.73 Å². The molecule has 7 heteroatoms. The molecule has 1 aliphatic heterocycles. The molecule has 1 saturated heterocycles. The Morgan fingerprint density at radius 3 is 2.26 bits per heavy atom. The zero-order chi connectivity index (χ0) is 22.6. The maximum absolute atomic E-state index is 13.0. The normalized spacial score (nSPS) is 15.4. The summed E-state index contributed by atoms with van der Waals surface area (Å²) in [4.78, 5) is 14.8. The summed E-state index contributed by atoms with van der Waals surface area (Å²) in [5.74, 6) is -0.540. The van der Waals surface area contributed by atoms with Gasteiger partial charge in [-0.25, -0.2) is 0 Å². The van der Waals surface area contributed by atoms with Crippen LogP contribution in [0.25, 0.3) is 11.1 Å². The summed E-state index contributed by atoms with van der Waals surface area (Å²) in [7, 11) is 0. The van der Waals surface area contributed by atoms with Gasteiger partial charge < -0.3 is 15.2 Å². The standard InChI is InChI=1S/C24H32F3N3O/c1-3-4-8-20-22(18-9-11-19(12-10-18)24(25,26)27)21(23(28)31)17(2)30(20)16-15-29-13-6-5-7-14-29/h9-12H,3-8,13-16H2,1-2H3,(H2,28,31). The van der Waals surface area contributed by atoms with Crippen molar-refractivity contribution >= 4 is 5.91 Å². The van der Waals surface area contributed by atoms with Crippen molar-refractivity contribution in [3.05, 3.63) is 46.8 Å². The lowest BCUT2D eigenvalue weighted by Crippen LogP contribution is -2.33. The molecular weight excluding hydrogens is 403 g/mol. The second-order valence-electron chi connectivity index (χ2n) is 8.38. The van der Waals surface area contributed by atoms with Gasteiger partial charge in [0.15, 0.2) is 0 Å². The maximum Gasteiger partial charge on any atom is 0.416 e. The Morgan fingerprint density at radius 1 is 1.06 bits per heavy atom. The van der Waals surface area contributed by atoms with Crippen molar-refractivity contribution in [2.24, 2.45) is 5.73 Å². The third-order valence-corrected chi connectivity index (χ3v) is 6.23. The van der Waals surface area contributed by atoms with Crippen LogP contribution in [0.4, 0.5) is 13.2 Å². The van der Waals surface area contributed by atoms with Crippen LogP contribution in [0.15, 0.2) is 24.3 Å². The minimum atomic E-state index is -4.40. The molecule has 3 rings (SSSR count). The highest BCUT2D eigenvalue weighted by Crippen LogP contribution is 2.36. The van der Waals surface area contributed by atoms with Crippen LogP contribution in [0.2, 0.25) is 0 Å². The summed E-state index contributed by atoms with van der Waals surface area (Å²) in [5.41, 5.74) is 8.56.